The van der Waals surface area contributed by atoms with Crippen LogP contribution in [-0.2, 0) is 4.79 Å². The predicted molar refractivity (Wildman–Crippen MR) is 149 cm³/mol. The number of aromatic amines is 1. The molecule has 0 fully saturated rings. The molecule has 3 heterocycles. The Morgan fingerprint density at radius 2 is 2.14 bits per heavy atom. The zero-order valence-corrected chi connectivity index (χ0v) is 21.7. The Bertz CT molecular complexity index is 1600. The summed E-state index contributed by atoms with van der Waals surface area (Å²) in [6, 6.07) is 18.1. The highest BCUT2D eigenvalue weighted by Crippen LogP contribution is 2.35. The predicted octanol–water partition coefficient (Wildman–Crippen LogP) is 6.26. The lowest BCUT2D eigenvalue weighted by Gasteiger charge is -2.18. The molecule has 1 aliphatic heterocycles. The molecule has 8 nitrogen and oxygen atoms in total. The first kappa shape index (κ1) is 24.6. The largest absolute Gasteiger partial charge is 0.510 e. The van der Waals surface area contributed by atoms with Crippen molar-refractivity contribution in [2.75, 3.05) is 17.8 Å². The number of carbonyl (C=O) groups is 1. The molecule has 0 spiro atoms. The van der Waals surface area contributed by atoms with Crippen LogP contribution in [0.15, 0.2) is 76.4 Å². The summed E-state index contributed by atoms with van der Waals surface area (Å²) in [4.78, 5) is 27.7. The number of thioether (sulfide) groups is 1. The summed E-state index contributed by atoms with van der Waals surface area (Å²) in [7, 11) is 1.51. The van der Waals surface area contributed by atoms with Crippen LogP contribution in [0.1, 0.15) is 10.7 Å². The third-order valence-electron chi connectivity index (χ3n) is 5.41. The molecule has 1 aliphatic rings. The minimum Gasteiger partial charge on any atom is -0.510 e. The summed E-state index contributed by atoms with van der Waals surface area (Å²) in [6.45, 7) is 0. The number of amidine groups is 1. The number of para-hydroxylation sites is 2. The van der Waals surface area contributed by atoms with Gasteiger partial charge in [0.1, 0.15) is 28.8 Å². The molecule has 2 aromatic carbocycles. The van der Waals surface area contributed by atoms with E-state index in [-0.39, 0.29) is 34.5 Å². The highest BCUT2D eigenvalue weighted by atomic mass is 35.5. The van der Waals surface area contributed by atoms with Gasteiger partial charge in [0, 0.05) is 4.88 Å². The molecule has 0 radical (unpaired) electrons. The molecule has 4 aromatic rings. The summed E-state index contributed by atoms with van der Waals surface area (Å²) >= 11 is 8.93. The number of hydrogen-bond donors (Lipinski definition) is 2. The number of aliphatic imine (C=N–C) groups is 1. The quantitative estimate of drug-likeness (QED) is 0.167. The molecule has 184 valence electrons. The van der Waals surface area contributed by atoms with Gasteiger partial charge in [0.2, 0.25) is 0 Å². The normalized spacial score (nSPS) is 15.2. The lowest BCUT2D eigenvalue weighted by atomic mass is 10.2. The van der Waals surface area contributed by atoms with Crippen LogP contribution in [0.3, 0.4) is 0 Å². The van der Waals surface area contributed by atoms with Crippen molar-refractivity contribution in [3.8, 4) is 11.8 Å². The molecule has 2 aromatic heterocycles. The van der Waals surface area contributed by atoms with E-state index in [1.807, 2.05) is 47.8 Å². The van der Waals surface area contributed by atoms with Gasteiger partial charge in [-0.15, -0.1) is 11.3 Å². The Morgan fingerprint density at radius 1 is 1.30 bits per heavy atom. The van der Waals surface area contributed by atoms with Crippen molar-refractivity contribution in [3.05, 3.63) is 87.2 Å². The average Bonchev–Trinajstić information content (AvgIpc) is 3.63. The number of aromatic nitrogens is 2. The highest BCUT2D eigenvalue weighted by Gasteiger charge is 2.33. The van der Waals surface area contributed by atoms with Crippen molar-refractivity contribution < 1.29 is 14.6 Å². The number of anilines is 1. The van der Waals surface area contributed by atoms with Crippen LogP contribution < -0.4 is 9.64 Å². The molecule has 0 unspecified atom stereocenters. The van der Waals surface area contributed by atoms with Crippen LogP contribution >= 0.6 is 34.7 Å². The van der Waals surface area contributed by atoms with Gasteiger partial charge < -0.3 is 14.8 Å². The number of H-pyrrole nitrogens is 1. The number of aliphatic hydroxyl groups is 1. The fraction of sp³-hybridized carbons (Fsp3) is 0.0769. The van der Waals surface area contributed by atoms with Crippen LogP contribution in [0, 0.1) is 11.3 Å². The Morgan fingerprint density at radius 3 is 2.84 bits per heavy atom. The zero-order chi connectivity index (χ0) is 25.9. The molecule has 0 bridgehead atoms. The van der Waals surface area contributed by atoms with Gasteiger partial charge in [0.25, 0.3) is 5.91 Å². The van der Waals surface area contributed by atoms with Gasteiger partial charge in [-0.2, -0.15) is 5.26 Å². The fourth-order valence-corrected chi connectivity index (χ4v) is 5.45. The summed E-state index contributed by atoms with van der Waals surface area (Å²) in [5.41, 5.74) is 2.20. The van der Waals surface area contributed by atoms with Gasteiger partial charge in [-0.1, -0.05) is 41.6 Å². The molecule has 37 heavy (non-hydrogen) atoms. The number of thiophene rings is 1. The molecule has 11 heteroatoms. The maximum Gasteiger partial charge on any atom is 0.283 e. The van der Waals surface area contributed by atoms with E-state index in [1.54, 1.807) is 24.3 Å². The van der Waals surface area contributed by atoms with Gasteiger partial charge >= 0.3 is 0 Å². The van der Waals surface area contributed by atoms with Crippen LogP contribution in [0.2, 0.25) is 5.02 Å². The van der Waals surface area contributed by atoms with Crippen molar-refractivity contribution >= 4 is 74.1 Å². The Kier molecular flexibility index (Phi) is 7.01. The summed E-state index contributed by atoms with van der Waals surface area (Å²) < 4.78 is 5.23. The third kappa shape index (κ3) is 4.97. The van der Waals surface area contributed by atoms with E-state index in [2.05, 4.69) is 15.0 Å². The maximum absolute atomic E-state index is 13.4. The standard InChI is InChI=1S/C26H18ClN5O3S2/c1-35-23-9-8-15(11-18(23)27)32-25(34)21(12-16-5-4-10-36-16)31-26(32)37-14-22(33)17(13-28)24-29-19-6-2-3-7-20(19)30-24/h2-12,33H,14H2,1H3,(H,29,30)/b21-12?,22-17-. The molecule has 0 saturated heterocycles. The number of nitrogens with one attached hydrogen (secondary N) is 1. The van der Waals surface area contributed by atoms with Gasteiger partial charge in [-0.3, -0.25) is 9.69 Å². The minimum atomic E-state index is -0.335. The molecule has 0 aliphatic carbocycles. The van der Waals surface area contributed by atoms with E-state index < -0.39 is 0 Å². The lowest BCUT2D eigenvalue weighted by Crippen LogP contribution is -2.30. The van der Waals surface area contributed by atoms with E-state index in [0.717, 1.165) is 22.2 Å². The number of aliphatic hydroxyl groups excluding tert-OH is 1. The second-order valence-corrected chi connectivity index (χ2v) is 10.1. The Hall–Kier alpha value is -4.04. The smallest absolute Gasteiger partial charge is 0.283 e. The van der Waals surface area contributed by atoms with Crippen LogP contribution in [-0.4, -0.2) is 39.0 Å². The van der Waals surface area contributed by atoms with Crippen molar-refractivity contribution in [2.24, 2.45) is 4.99 Å². The molecular weight excluding hydrogens is 530 g/mol. The SMILES string of the molecule is COc1ccc(N2C(=O)C(=Cc3cccs3)N=C2SC/C(O)=C(\C#N)c2nc3ccccc3[nH]2)cc1Cl. The van der Waals surface area contributed by atoms with Crippen molar-refractivity contribution in [3.63, 3.8) is 0 Å². The second-order valence-electron chi connectivity index (χ2n) is 7.72. The number of hydrogen-bond acceptors (Lipinski definition) is 8. The molecule has 5 rings (SSSR count). The zero-order valence-electron chi connectivity index (χ0n) is 19.3. The number of fused-ring (bicyclic) bond motifs is 1. The first-order valence-electron chi connectivity index (χ1n) is 10.9. The summed E-state index contributed by atoms with van der Waals surface area (Å²) in [5, 5.41) is 23.2. The topological polar surface area (TPSA) is 115 Å². The Labute approximate surface area is 225 Å². The Balaban J connectivity index is 1.47. The monoisotopic (exact) mass is 547 g/mol. The van der Waals surface area contributed by atoms with Crippen molar-refractivity contribution in [1.82, 2.24) is 9.97 Å². The number of rotatable bonds is 6. The molecule has 0 saturated carbocycles. The van der Waals surface area contributed by atoms with Crippen LogP contribution in [0.25, 0.3) is 22.7 Å². The number of nitrogens with zero attached hydrogens (tertiary/aromatic N) is 4. The van der Waals surface area contributed by atoms with Crippen molar-refractivity contribution in [1.29, 1.82) is 5.26 Å². The van der Waals surface area contributed by atoms with Crippen molar-refractivity contribution in [2.45, 2.75) is 0 Å². The number of amides is 1. The summed E-state index contributed by atoms with van der Waals surface area (Å²) in [5.74, 6) is 0.202. The molecular formula is C26H18ClN5O3S2. The minimum absolute atomic E-state index is 0.0152. The van der Waals surface area contributed by atoms with E-state index >= 15 is 0 Å². The maximum atomic E-state index is 13.4. The number of ether oxygens (including phenoxy) is 1. The first-order valence-corrected chi connectivity index (χ1v) is 13.1. The number of imidazole rings is 1. The second kappa shape index (κ2) is 10.5. The number of benzene rings is 2. The summed E-state index contributed by atoms with van der Waals surface area (Å²) in [6.07, 6.45) is 1.71. The molecule has 1 amide bonds. The third-order valence-corrected chi connectivity index (χ3v) is 7.47. The number of halogens is 1. The van der Waals surface area contributed by atoms with E-state index in [1.165, 1.54) is 23.3 Å². The van der Waals surface area contributed by atoms with Crippen LogP contribution in [0.4, 0.5) is 5.69 Å². The first-order chi connectivity index (χ1) is 18.0. The van der Waals surface area contributed by atoms with Gasteiger partial charge in [-0.25, -0.2) is 9.98 Å². The van der Waals surface area contributed by atoms with Gasteiger partial charge in [0.15, 0.2) is 11.0 Å². The highest BCUT2D eigenvalue weighted by molar-refractivity contribution is 8.14. The van der Waals surface area contributed by atoms with Crippen LogP contribution in [0.5, 0.6) is 5.75 Å². The van der Waals surface area contributed by atoms with E-state index in [9.17, 15) is 15.2 Å². The van der Waals surface area contributed by atoms with Gasteiger partial charge in [-0.05, 0) is 47.9 Å². The number of nitriles is 1. The fourth-order valence-electron chi connectivity index (χ4n) is 3.65. The lowest BCUT2D eigenvalue weighted by molar-refractivity contribution is -0.113. The molecule has 0 atom stereocenters. The van der Waals surface area contributed by atoms with E-state index in [0.29, 0.717) is 27.1 Å². The van der Waals surface area contributed by atoms with E-state index in [4.69, 9.17) is 16.3 Å². The molecule has 2 N–H and O–H groups in total. The average molecular weight is 548 g/mol. The number of carbonyl (C=O) groups excluding carboxylic acids is 1. The van der Waals surface area contributed by atoms with Gasteiger partial charge in [0.05, 0.1) is 34.6 Å². The number of methoxy groups -OCH3 is 1. The number of allylic oxidation sites excluding steroid dienone is 1.